The van der Waals surface area contributed by atoms with E-state index < -0.39 is 5.41 Å². The molecule has 2 aliphatic heterocycles. The van der Waals surface area contributed by atoms with Gasteiger partial charge in [-0.1, -0.05) is 38.4 Å². The molecular formula is C26H35ClN4O4. The first kappa shape index (κ1) is 25.5. The first-order chi connectivity index (χ1) is 16.7. The van der Waals surface area contributed by atoms with Gasteiger partial charge in [-0.25, -0.2) is 0 Å². The summed E-state index contributed by atoms with van der Waals surface area (Å²) in [6.45, 7) is 9.89. The molecule has 0 radical (unpaired) electrons. The van der Waals surface area contributed by atoms with Gasteiger partial charge in [-0.15, -0.1) is 0 Å². The molecule has 0 bridgehead atoms. The fourth-order valence-corrected chi connectivity index (χ4v) is 4.89. The summed E-state index contributed by atoms with van der Waals surface area (Å²) in [7, 11) is 0. The molecule has 1 N–H and O–H groups in total. The van der Waals surface area contributed by atoms with Crippen molar-refractivity contribution in [1.29, 1.82) is 0 Å². The number of likely N-dealkylation sites (tertiary alicyclic amines) is 1. The number of aromatic amines is 1. The van der Waals surface area contributed by atoms with Gasteiger partial charge in [-0.05, 0) is 37.1 Å². The number of aromatic nitrogens is 2. The molecule has 190 valence electrons. The Morgan fingerprint density at radius 1 is 1.17 bits per heavy atom. The first-order valence-electron chi connectivity index (χ1n) is 12.2. The number of carbonyl (C=O) groups excluding carboxylic acids is 2. The molecule has 4 rings (SSSR count). The predicted octanol–water partition coefficient (Wildman–Crippen LogP) is 3.91. The molecule has 0 spiro atoms. The summed E-state index contributed by atoms with van der Waals surface area (Å²) >= 11 is 6.14. The average molecular weight is 503 g/mol. The first-order valence-corrected chi connectivity index (χ1v) is 12.6. The molecule has 2 fully saturated rings. The Morgan fingerprint density at radius 3 is 2.63 bits per heavy atom. The van der Waals surface area contributed by atoms with Crippen LogP contribution in [0.5, 0.6) is 5.75 Å². The van der Waals surface area contributed by atoms with Gasteiger partial charge in [-0.2, -0.15) is 5.10 Å². The van der Waals surface area contributed by atoms with Crippen molar-refractivity contribution in [3.63, 3.8) is 0 Å². The summed E-state index contributed by atoms with van der Waals surface area (Å²) in [5, 5.41) is 7.89. The average Bonchev–Trinajstić information content (AvgIpc) is 3.34. The highest BCUT2D eigenvalue weighted by Gasteiger charge is 2.41. The van der Waals surface area contributed by atoms with Crippen molar-refractivity contribution in [2.45, 2.75) is 45.4 Å². The smallest absolute Gasteiger partial charge is 0.274 e. The van der Waals surface area contributed by atoms with Crippen LogP contribution in [0.4, 0.5) is 0 Å². The number of halogens is 1. The van der Waals surface area contributed by atoms with Crippen LogP contribution in [0.2, 0.25) is 5.02 Å². The Kier molecular flexibility index (Phi) is 7.71. The fraction of sp³-hybridized carbons (Fsp3) is 0.577. The molecule has 8 nitrogen and oxygen atoms in total. The lowest BCUT2D eigenvalue weighted by molar-refractivity contribution is -0.139. The number of hydrogen-bond donors (Lipinski definition) is 1. The van der Waals surface area contributed by atoms with Crippen molar-refractivity contribution >= 4 is 23.4 Å². The number of morpholine rings is 1. The van der Waals surface area contributed by atoms with Gasteiger partial charge < -0.3 is 19.3 Å². The Morgan fingerprint density at radius 2 is 1.94 bits per heavy atom. The zero-order chi connectivity index (χ0) is 25.1. The number of ether oxygens (including phenoxy) is 2. The van der Waals surface area contributed by atoms with E-state index in [1.807, 2.05) is 28.0 Å². The van der Waals surface area contributed by atoms with Gasteiger partial charge in [0.2, 0.25) is 5.91 Å². The number of nitrogens with one attached hydrogen (secondary N) is 1. The van der Waals surface area contributed by atoms with Gasteiger partial charge in [0.1, 0.15) is 11.4 Å². The Balaban J connectivity index is 1.53. The van der Waals surface area contributed by atoms with E-state index in [1.54, 1.807) is 12.1 Å². The Bertz CT molecular complexity index is 1040. The second kappa shape index (κ2) is 10.6. The summed E-state index contributed by atoms with van der Waals surface area (Å²) in [6.07, 6.45) is 1.89. The minimum absolute atomic E-state index is 0.0760. The molecular weight excluding hydrogens is 468 g/mol. The number of piperidine rings is 1. The van der Waals surface area contributed by atoms with E-state index >= 15 is 0 Å². The second-order valence-corrected chi connectivity index (χ2v) is 11.1. The van der Waals surface area contributed by atoms with Crippen LogP contribution in [0.1, 0.15) is 56.2 Å². The SMILES string of the molecule is CC(C)(C)c1cc(C(=O)N2CCCC(COc3cccc(Cl)c3)(CC(=O)N3CCOCC3)C2)n[nH]1. The van der Waals surface area contributed by atoms with E-state index in [9.17, 15) is 9.59 Å². The maximum Gasteiger partial charge on any atom is 0.274 e. The van der Waals surface area contributed by atoms with Gasteiger partial charge in [0.15, 0.2) is 0 Å². The van der Waals surface area contributed by atoms with E-state index in [-0.39, 0.29) is 17.2 Å². The Labute approximate surface area is 211 Å². The molecule has 1 aromatic heterocycles. The number of rotatable bonds is 6. The number of H-pyrrole nitrogens is 1. The number of carbonyl (C=O) groups is 2. The summed E-state index contributed by atoms with van der Waals surface area (Å²) in [6, 6.07) is 9.09. The van der Waals surface area contributed by atoms with Crippen LogP contribution < -0.4 is 4.74 Å². The van der Waals surface area contributed by atoms with Crippen LogP contribution in [0.25, 0.3) is 0 Å². The third kappa shape index (κ3) is 6.35. The third-order valence-electron chi connectivity index (χ3n) is 6.78. The fourth-order valence-electron chi connectivity index (χ4n) is 4.71. The van der Waals surface area contributed by atoms with E-state index in [0.29, 0.717) is 68.9 Å². The van der Waals surface area contributed by atoms with Crippen LogP contribution in [-0.4, -0.2) is 77.8 Å². The summed E-state index contributed by atoms with van der Waals surface area (Å²) in [5.41, 5.74) is 0.679. The molecule has 2 aromatic rings. The molecule has 2 saturated heterocycles. The van der Waals surface area contributed by atoms with E-state index in [2.05, 4.69) is 31.0 Å². The molecule has 2 amide bonds. The number of amides is 2. The highest BCUT2D eigenvalue weighted by Crippen LogP contribution is 2.36. The molecule has 1 unspecified atom stereocenters. The largest absolute Gasteiger partial charge is 0.493 e. The minimum Gasteiger partial charge on any atom is -0.493 e. The van der Waals surface area contributed by atoms with Crippen LogP contribution in [0, 0.1) is 5.41 Å². The standard InChI is InChI=1S/C26H35ClN4O4/c1-25(2,3)22-15-21(28-29-22)24(33)31-9-5-8-26(17-31,16-23(32)30-10-12-34-13-11-30)18-35-20-7-4-6-19(27)14-20/h4,6-7,14-15H,5,8-13,16-18H2,1-3H3,(H,28,29). The van der Waals surface area contributed by atoms with Crippen LogP contribution in [0.3, 0.4) is 0 Å². The van der Waals surface area contributed by atoms with Crippen molar-refractivity contribution in [2.75, 3.05) is 46.0 Å². The van der Waals surface area contributed by atoms with Crippen molar-refractivity contribution in [2.24, 2.45) is 5.41 Å². The molecule has 35 heavy (non-hydrogen) atoms. The van der Waals surface area contributed by atoms with E-state index in [0.717, 1.165) is 18.5 Å². The second-order valence-electron chi connectivity index (χ2n) is 10.7. The number of hydrogen-bond acceptors (Lipinski definition) is 5. The summed E-state index contributed by atoms with van der Waals surface area (Å²) < 4.78 is 11.6. The normalized spacial score (nSPS) is 21.1. The van der Waals surface area contributed by atoms with Crippen molar-refractivity contribution in [3.8, 4) is 5.75 Å². The van der Waals surface area contributed by atoms with Crippen LogP contribution in [0.15, 0.2) is 30.3 Å². The molecule has 9 heteroatoms. The van der Waals surface area contributed by atoms with E-state index in [4.69, 9.17) is 21.1 Å². The number of benzene rings is 1. The molecule has 3 heterocycles. The lowest BCUT2D eigenvalue weighted by Crippen LogP contribution is -2.52. The minimum atomic E-state index is -0.505. The van der Waals surface area contributed by atoms with Crippen molar-refractivity contribution in [3.05, 3.63) is 46.7 Å². The third-order valence-corrected chi connectivity index (χ3v) is 7.02. The van der Waals surface area contributed by atoms with Gasteiger partial charge in [-0.3, -0.25) is 14.7 Å². The lowest BCUT2D eigenvalue weighted by atomic mass is 9.77. The maximum absolute atomic E-state index is 13.4. The molecule has 1 atom stereocenters. The van der Waals surface area contributed by atoms with Gasteiger partial charge in [0.05, 0.1) is 19.8 Å². The van der Waals surface area contributed by atoms with Crippen LogP contribution >= 0.6 is 11.6 Å². The zero-order valence-electron chi connectivity index (χ0n) is 20.8. The summed E-state index contributed by atoms with van der Waals surface area (Å²) in [5.74, 6) is 0.607. The van der Waals surface area contributed by atoms with Gasteiger partial charge in [0, 0.05) is 54.1 Å². The molecule has 0 aliphatic carbocycles. The topological polar surface area (TPSA) is 87.8 Å². The van der Waals surface area contributed by atoms with E-state index in [1.165, 1.54) is 0 Å². The highest BCUT2D eigenvalue weighted by atomic mass is 35.5. The zero-order valence-corrected chi connectivity index (χ0v) is 21.6. The quantitative estimate of drug-likeness (QED) is 0.647. The molecule has 0 saturated carbocycles. The van der Waals surface area contributed by atoms with Crippen molar-refractivity contribution in [1.82, 2.24) is 20.0 Å². The van der Waals surface area contributed by atoms with Crippen molar-refractivity contribution < 1.29 is 19.1 Å². The predicted molar refractivity (Wildman–Crippen MR) is 134 cm³/mol. The molecule has 2 aliphatic rings. The summed E-state index contributed by atoms with van der Waals surface area (Å²) in [4.78, 5) is 30.4. The van der Waals surface area contributed by atoms with Gasteiger partial charge in [0.25, 0.3) is 5.91 Å². The maximum atomic E-state index is 13.4. The highest BCUT2D eigenvalue weighted by molar-refractivity contribution is 6.30. The lowest BCUT2D eigenvalue weighted by Gasteiger charge is -2.43. The monoisotopic (exact) mass is 502 g/mol. The van der Waals surface area contributed by atoms with Gasteiger partial charge >= 0.3 is 0 Å². The van der Waals surface area contributed by atoms with Crippen LogP contribution in [-0.2, 0) is 14.9 Å². The number of nitrogens with zero attached hydrogens (tertiary/aromatic N) is 3. The molecule has 1 aromatic carbocycles. The Hall–Kier alpha value is -2.58.